The molecule has 1 rings (SSSR count). The summed E-state index contributed by atoms with van der Waals surface area (Å²) in [6.45, 7) is 3.95. The fourth-order valence-corrected chi connectivity index (χ4v) is 2.70. The summed E-state index contributed by atoms with van der Waals surface area (Å²) in [5, 5.41) is 13.5. The minimum absolute atomic E-state index is 0.0311. The van der Waals surface area contributed by atoms with Crippen LogP contribution in [0, 0.1) is 0 Å². The van der Waals surface area contributed by atoms with Crippen LogP contribution in [0.5, 0.6) is 0 Å². The average molecular weight is 312 g/mol. The maximum atomic E-state index is 12.0. The number of unbranched alkanes of at least 4 members (excludes halogenated alkanes) is 3. The number of rotatable bonds is 10. The van der Waals surface area contributed by atoms with E-state index in [4.69, 9.17) is 5.11 Å². The number of nitrogens with zero attached hydrogens (tertiary/aromatic N) is 1. The van der Waals surface area contributed by atoms with Crippen LogP contribution in [-0.4, -0.2) is 35.1 Å². The predicted molar refractivity (Wildman–Crippen MR) is 84.5 cm³/mol. The van der Waals surface area contributed by atoms with E-state index < -0.39 is 5.97 Å². The summed E-state index contributed by atoms with van der Waals surface area (Å²) in [7, 11) is 0. The number of hydrogen-bond acceptors (Lipinski definition) is 3. The van der Waals surface area contributed by atoms with Gasteiger partial charge in [-0.05, 0) is 31.2 Å². The standard InChI is InChI=1S/C15H24N2O3S/c1-2-17(12-13-8-7-11-21-13)15(20)16-10-6-4-3-5-9-14(18)19/h7-8,11H,2-6,9-10,12H2,1H3,(H,16,20)(H,18,19). The van der Waals surface area contributed by atoms with Crippen LogP contribution in [0.25, 0.3) is 0 Å². The first-order valence-electron chi connectivity index (χ1n) is 7.40. The molecule has 6 heteroatoms. The Bertz CT molecular complexity index is 421. The summed E-state index contributed by atoms with van der Waals surface area (Å²) < 4.78 is 0. The van der Waals surface area contributed by atoms with E-state index in [-0.39, 0.29) is 12.5 Å². The lowest BCUT2D eigenvalue weighted by molar-refractivity contribution is -0.137. The first-order chi connectivity index (χ1) is 10.1. The molecule has 1 aromatic rings. The van der Waals surface area contributed by atoms with Crippen molar-refractivity contribution in [1.82, 2.24) is 10.2 Å². The van der Waals surface area contributed by atoms with Gasteiger partial charge >= 0.3 is 12.0 Å². The van der Waals surface area contributed by atoms with Crippen LogP contribution in [0.1, 0.15) is 43.9 Å². The van der Waals surface area contributed by atoms with Crippen molar-refractivity contribution >= 4 is 23.3 Å². The third kappa shape index (κ3) is 7.70. The van der Waals surface area contributed by atoms with Gasteiger partial charge in [-0.15, -0.1) is 11.3 Å². The summed E-state index contributed by atoms with van der Waals surface area (Å²) in [5.74, 6) is -0.740. The van der Waals surface area contributed by atoms with Crippen molar-refractivity contribution in [1.29, 1.82) is 0 Å². The molecule has 2 amide bonds. The summed E-state index contributed by atoms with van der Waals surface area (Å²) in [6, 6.07) is 3.99. The van der Waals surface area contributed by atoms with Crippen molar-refractivity contribution in [2.24, 2.45) is 0 Å². The van der Waals surface area contributed by atoms with Gasteiger partial charge in [-0.25, -0.2) is 4.79 Å². The number of carboxylic acid groups (broad SMARTS) is 1. The molecule has 2 N–H and O–H groups in total. The van der Waals surface area contributed by atoms with Gasteiger partial charge in [0.05, 0.1) is 6.54 Å². The van der Waals surface area contributed by atoms with E-state index in [9.17, 15) is 9.59 Å². The molecule has 0 saturated heterocycles. The lowest BCUT2D eigenvalue weighted by atomic mass is 10.1. The second-order valence-electron chi connectivity index (χ2n) is 4.88. The zero-order valence-electron chi connectivity index (χ0n) is 12.5. The van der Waals surface area contributed by atoms with Gasteiger partial charge in [0.2, 0.25) is 0 Å². The summed E-state index contributed by atoms with van der Waals surface area (Å²) in [5.41, 5.74) is 0. The number of thiophene rings is 1. The highest BCUT2D eigenvalue weighted by Gasteiger charge is 2.11. The number of carboxylic acids is 1. The van der Waals surface area contributed by atoms with Crippen LogP contribution in [0.2, 0.25) is 0 Å². The Morgan fingerprint density at radius 1 is 1.29 bits per heavy atom. The number of hydrogen-bond donors (Lipinski definition) is 2. The number of aliphatic carboxylic acids is 1. The number of urea groups is 1. The summed E-state index contributed by atoms with van der Waals surface area (Å²) in [4.78, 5) is 25.3. The van der Waals surface area contributed by atoms with E-state index >= 15 is 0 Å². The topological polar surface area (TPSA) is 69.6 Å². The maximum Gasteiger partial charge on any atom is 0.317 e. The quantitative estimate of drug-likeness (QED) is 0.651. The van der Waals surface area contributed by atoms with Crippen molar-refractivity contribution in [3.8, 4) is 0 Å². The fraction of sp³-hybridized carbons (Fsp3) is 0.600. The Balaban J connectivity index is 2.12. The number of carbonyl (C=O) groups excluding carboxylic acids is 1. The first kappa shape index (κ1) is 17.5. The monoisotopic (exact) mass is 312 g/mol. The molecule has 0 radical (unpaired) electrons. The highest BCUT2D eigenvalue weighted by molar-refractivity contribution is 7.09. The van der Waals surface area contributed by atoms with E-state index in [1.807, 2.05) is 24.4 Å². The highest BCUT2D eigenvalue weighted by Crippen LogP contribution is 2.11. The molecule has 0 saturated carbocycles. The largest absolute Gasteiger partial charge is 0.481 e. The van der Waals surface area contributed by atoms with Crippen molar-refractivity contribution in [2.45, 2.75) is 45.6 Å². The molecule has 0 aliphatic carbocycles. The molecule has 0 fully saturated rings. The van der Waals surface area contributed by atoms with Gasteiger partial charge in [-0.1, -0.05) is 18.9 Å². The lowest BCUT2D eigenvalue weighted by Gasteiger charge is -2.20. The van der Waals surface area contributed by atoms with E-state index in [1.54, 1.807) is 16.2 Å². The van der Waals surface area contributed by atoms with Gasteiger partial charge < -0.3 is 15.3 Å². The van der Waals surface area contributed by atoms with Crippen molar-refractivity contribution in [2.75, 3.05) is 13.1 Å². The molecule has 5 nitrogen and oxygen atoms in total. The molecule has 0 aliphatic rings. The summed E-state index contributed by atoms with van der Waals surface area (Å²) in [6.07, 6.45) is 3.68. The number of carbonyl (C=O) groups is 2. The Kier molecular flexibility index (Phi) is 8.50. The molecule has 1 heterocycles. The molecule has 0 atom stereocenters. The molecular formula is C15H24N2O3S. The Morgan fingerprint density at radius 2 is 2.05 bits per heavy atom. The first-order valence-corrected chi connectivity index (χ1v) is 8.28. The molecule has 0 unspecified atom stereocenters. The molecular weight excluding hydrogens is 288 g/mol. The predicted octanol–water partition coefficient (Wildman–Crippen LogP) is 3.31. The van der Waals surface area contributed by atoms with Crippen molar-refractivity contribution < 1.29 is 14.7 Å². The SMILES string of the molecule is CCN(Cc1cccs1)C(=O)NCCCCCCC(=O)O. The fourth-order valence-electron chi connectivity index (χ4n) is 1.98. The van der Waals surface area contributed by atoms with E-state index in [2.05, 4.69) is 5.32 Å². The van der Waals surface area contributed by atoms with E-state index in [0.29, 0.717) is 26.1 Å². The minimum atomic E-state index is -0.740. The molecule has 21 heavy (non-hydrogen) atoms. The second-order valence-corrected chi connectivity index (χ2v) is 5.92. The van der Waals surface area contributed by atoms with Crippen LogP contribution >= 0.6 is 11.3 Å². The van der Waals surface area contributed by atoms with Gasteiger partial charge in [0, 0.05) is 24.4 Å². The van der Waals surface area contributed by atoms with Gasteiger partial charge in [-0.3, -0.25) is 4.79 Å². The van der Waals surface area contributed by atoms with Crippen LogP contribution in [0.15, 0.2) is 17.5 Å². The van der Waals surface area contributed by atoms with Crippen molar-refractivity contribution in [3.63, 3.8) is 0 Å². The van der Waals surface area contributed by atoms with E-state index in [1.165, 1.54) is 4.88 Å². The molecule has 0 bridgehead atoms. The Hall–Kier alpha value is -1.56. The molecule has 0 aliphatic heterocycles. The third-order valence-electron chi connectivity index (χ3n) is 3.19. The van der Waals surface area contributed by atoms with Crippen LogP contribution in [0.4, 0.5) is 4.79 Å². The van der Waals surface area contributed by atoms with Crippen LogP contribution < -0.4 is 5.32 Å². The molecule has 0 spiro atoms. The molecule has 0 aromatic carbocycles. The van der Waals surface area contributed by atoms with Gasteiger partial charge in [0.15, 0.2) is 0 Å². The van der Waals surface area contributed by atoms with E-state index in [0.717, 1.165) is 19.3 Å². The van der Waals surface area contributed by atoms with Gasteiger partial charge in [0.25, 0.3) is 0 Å². The van der Waals surface area contributed by atoms with Crippen LogP contribution in [0.3, 0.4) is 0 Å². The third-order valence-corrected chi connectivity index (χ3v) is 4.05. The average Bonchev–Trinajstić information content (AvgIpc) is 2.96. The van der Waals surface area contributed by atoms with Gasteiger partial charge in [-0.2, -0.15) is 0 Å². The lowest BCUT2D eigenvalue weighted by Crippen LogP contribution is -2.39. The molecule has 118 valence electrons. The maximum absolute atomic E-state index is 12.0. The Labute approximate surface area is 130 Å². The summed E-state index contributed by atoms with van der Waals surface area (Å²) >= 11 is 1.65. The second kappa shape index (κ2) is 10.2. The Morgan fingerprint density at radius 3 is 2.67 bits per heavy atom. The number of amides is 2. The molecule has 1 aromatic heterocycles. The van der Waals surface area contributed by atoms with Gasteiger partial charge in [0.1, 0.15) is 0 Å². The minimum Gasteiger partial charge on any atom is -0.481 e. The van der Waals surface area contributed by atoms with Crippen LogP contribution in [-0.2, 0) is 11.3 Å². The van der Waals surface area contributed by atoms with Crippen molar-refractivity contribution in [3.05, 3.63) is 22.4 Å². The normalized spacial score (nSPS) is 10.3. The zero-order valence-corrected chi connectivity index (χ0v) is 13.3. The number of nitrogens with one attached hydrogen (secondary N) is 1. The highest BCUT2D eigenvalue weighted by atomic mass is 32.1. The zero-order chi connectivity index (χ0) is 15.5. The smallest absolute Gasteiger partial charge is 0.317 e.